The van der Waals surface area contributed by atoms with Gasteiger partial charge in [-0.3, -0.25) is 4.68 Å². The van der Waals surface area contributed by atoms with Crippen LogP contribution in [0.5, 0.6) is 0 Å². The van der Waals surface area contributed by atoms with Crippen LogP contribution >= 0.6 is 0 Å². The van der Waals surface area contributed by atoms with Gasteiger partial charge in [0.1, 0.15) is 5.69 Å². The number of nitrogens with zero attached hydrogens (tertiary/aromatic N) is 2. The first-order valence-electron chi connectivity index (χ1n) is 5.21. The van der Waals surface area contributed by atoms with E-state index in [0.29, 0.717) is 0 Å². The van der Waals surface area contributed by atoms with Crippen molar-refractivity contribution in [2.45, 2.75) is 44.8 Å². The first-order chi connectivity index (χ1) is 7.64. The van der Waals surface area contributed by atoms with E-state index in [-0.39, 0.29) is 12.0 Å². The molecule has 17 heavy (non-hydrogen) atoms. The topological polar surface area (TPSA) is 17.8 Å². The van der Waals surface area contributed by atoms with Gasteiger partial charge in [-0.05, 0) is 20.3 Å². The van der Waals surface area contributed by atoms with Crippen molar-refractivity contribution in [2.75, 3.05) is 0 Å². The fourth-order valence-corrected chi connectivity index (χ4v) is 2.10. The molecule has 0 saturated carbocycles. The first kappa shape index (κ1) is 12.3. The highest BCUT2D eigenvalue weighted by Gasteiger charge is 2.50. The molecular weight excluding hydrogens is 243 g/mol. The summed E-state index contributed by atoms with van der Waals surface area (Å²) in [4.78, 5) is 0. The van der Waals surface area contributed by atoms with Gasteiger partial charge in [0, 0.05) is 18.0 Å². The van der Waals surface area contributed by atoms with Crippen LogP contribution in [0, 0.1) is 0 Å². The second-order valence-electron chi connectivity index (χ2n) is 4.42. The zero-order valence-electron chi connectivity index (χ0n) is 9.28. The van der Waals surface area contributed by atoms with E-state index in [9.17, 15) is 22.0 Å². The largest absolute Gasteiger partial charge is 0.435 e. The monoisotopic (exact) mass is 254 g/mol. The molecule has 0 fully saturated rings. The van der Waals surface area contributed by atoms with E-state index in [0.717, 1.165) is 4.68 Å². The van der Waals surface area contributed by atoms with Crippen LogP contribution in [0.3, 0.4) is 0 Å². The van der Waals surface area contributed by atoms with Crippen molar-refractivity contribution >= 4 is 0 Å². The van der Waals surface area contributed by atoms with Crippen molar-refractivity contribution < 1.29 is 22.0 Å². The third-order valence-corrected chi connectivity index (χ3v) is 2.80. The molecule has 96 valence electrons. The van der Waals surface area contributed by atoms with Gasteiger partial charge in [0.25, 0.3) is 5.92 Å². The maximum absolute atomic E-state index is 13.5. The lowest BCUT2D eigenvalue weighted by Crippen LogP contribution is -2.18. The third kappa shape index (κ3) is 1.81. The number of halogens is 5. The molecule has 0 amide bonds. The molecule has 0 radical (unpaired) electrons. The zero-order valence-corrected chi connectivity index (χ0v) is 9.28. The van der Waals surface area contributed by atoms with E-state index in [1.807, 2.05) is 0 Å². The number of alkyl halides is 5. The van der Waals surface area contributed by atoms with Gasteiger partial charge < -0.3 is 0 Å². The van der Waals surface area contributed by atoms with E-state index >= 15 is 0 Å². The third-order valence-electron chi connectivity index (χ3n) is 2.80. The lowest BCUT2D eigenvalue weighted by molar-refractivity contribution is -0.142. The highest BCUT2D eigenvalue weighted by molar-refractivity contribution is 5.36. The fourth-order valence-electron chi connectivity index (χ4n) is 2.10. The molecule has 1 aliphatic carbocycles. The summed E-state index contributed by atoms with van der Waals surface area (Å²) in [7, 11) is 0. The SMILES string of the molecule is CC(C)n1nc(C(F)(F)F)c2c1C(F)(F)CC2. The normalized spacial score (nSPS) is 18.8. The molecule has 0 atom stereocenters. The van der Waals surface area contributed by atoms with Crippen molar-refractivity contribution in [1.82, 2.24) is 9.78 Å². The zero-order chi connectivity index (χ0) is 13.0. The molecule has 1 aromatic rings. The Hall–Kier alpha value is -1.14. The molecular formula is C10H11F5N2. The molecule has 0 aliphatic heterocycles. The van der Waals surface area contributed by atoms with Gasteiger partial charge in [0.05, 0.1) is 0 Å². The van der Waals surface area contributed by atoms with Crippen LogP contribution < -0.4 is 0 Å². The van der Waals surface area contributed by atoms with Gasteiger partial charge in [-0.2, -0.15) is 27.1 Å². The predicted molar refractivity (Wildman–Crippen MR) is 49.8 cm³/mol. The Morgan fingerprint density at radius 1 is 1.29 bits per heavy atom. The van der Waals surface area contributed by atoms with Crippen LogP contribution in [-0.2, 0) is 18.5 Å². The maximum atomic E-state index is 13.5. The van der Waals surface area contributed by atoms with E-state index in [1.165, 1.54) is 13.8 Å². The van der Waals surface area contributed by atoms with E-state index in [1.54, 1.807) is 0 Å². The van der Waals surface area contributed by atoms with Gasteiger partial charge in [-0.1, -0.05) is 0 Å². The summed E-state index contributed by atoms with van der Waals surface area (Å²) in [6.45, 7) is 3.06. The maximum Gasteiger partial charge on any atom is 0.435 e. The molecule has 2 nitrogen and oxygen atoms in total. The number of rotatable bonds is 1. The number of hydrogen-bond acceptors (Lipinski definition) is 1. The van der Waals surface area contributed by atoms with Gasteiger partial charge >= 0.3 is 6.18 Å². The second-order valence-corrected chi connectivity index (χ2v) is 4.42. The lowest BCUT2D eigenvalue weighted by Gasteiger charge is -2.15. The average Bonchev–Trinajstić information content (AvgIpc) is 2.64. The molecule has 1 aromatic heterocycles. The van der Waals surface area contributed by atoms with Crippen LogP contribution in [0.1, 0.15) is 43.3 Å². The lowest BCUT2D eigenvalue weighted by atomic mass is 10.2. The number of hydrogen-bond donors (Lipinski definition) is 0. The molecule has 1 aliphatic rings. The number of aromatic nitrogens is 2. The van der Waals surface area contributed by atoms with Crippen LogP contribution in [0.4, 0.5) is 22.0 Å². The Morgan fingerprint density at radius 3 is 2.35 bits per heavy atom. The van der Waals surface area contributed by atoms with Gasteiger partial charge in [-0.15, -0.1) is 0 Å². The summed E-state index contributed by atoms with van der Waals surface area (Å²) in [5, 5.41) is 3.31. The van der Waals surface area contributed by atoms with E-state index < -0.39 is 35.9 Å². The number of fused-ring (bicyclic) bond motifs is 1. The quantitative estimate of drug-likeness (QED) is 0.701. The molecule has 0 aromatic carbocycles. The molecule has 0 N–H and O–H groups in total. The molecule has 2 rings (SSSR count). The van der Waals surface area contributed by atoms with E-state index in [4.69, 9.17) is 0 Å². The molecule has 0 spiro atoms. The van der Waals surface area contributed by atoms with Gasteiger partial charge in [0.15, 0.2) is 5.69 Å². The molecule has 0 unspecified atom stereocenters. The van der Waals surface area contributed by atoms with Gasteiger partial charge in [-0.25, -0.2) is 0 Å². The Kier molecular flexibility index (Phi) is 2.48. The Bertz CT molecular complexity index is 444. The minimum atomic E-state index is -4.68. The van der Waals surface area contributed by atoms with Crippen molar-refractivity contribution in [2.24, 2.45) is 0 Å². The summed E-state index contributed by atoms with van der Waals surface area (Å²) in [5.41, 5.74) is -2.09. The summed E-state index contributed by atoms with van der Waals surface area (Å²) in [6, 6.07) is -0.524. The van der Waals surface area contributed by atoms with Gasteiger partial charge in [0.2, 0.25) is 0 Å². The Balaban J connectivity index is 2.66. The first-order valence-corrected chi connectivity index (χ1v) is 5.21. The highest BCUT2D eigenvalue weighted by Crippen LogP contribution is 2.47. The molecule has 1 heterocycles. The van der Waals surface area contributed by atoms with Crippen LogP contribution in [-0.4, -0.2) is 9.78 Å². The van der Waals surface area contributed by atoms with Crippen molar-refractivity contribution in [3.8, 4) is 0 Å². The smallest absolute Gasteiger partial charge is 0.260 e. The summed E-state index contributed by atoms with van der Waals surface area (Å²) in [5.74, 6) is -3.21. The van der Waals surface area contributed by atoms with Crippen LogP contribution in [0.25, 0.3) is 0 Å². The Labute approximate surface area is 94.4 Å². The van der Waals surface area contributed by atoms with Crippen molar-refractivity contribution in [3.05, 3.63) is 17.0 Å². The minimum Gasteiger partial charge on any atom is -0.260 e. The average molecular weight is 254 g/mol. The second kappa shape index (κ2) is 3.43. The molecule has 7 heteroatoms. The predicted octanol–water partition coefficient (Wildman–Crippen LogP) is 3.52. The summed E-state index contributed by atoms with van der Waals surface area (Å²) in [6.07, 6.45) is -5.52. The van der Waals surface area contributed by atoms with Crippen LogP contribution in [0.15, 0.2) is 0 Å². The standard InChI is InChI=1S/C10H11F5N2/c1-5(2)17-8-6(3-4-9(8,11)12)7(16-17)10(13,14)15/h5H,3-4H2,1-2H3. The fraction of sp³-hybridized carbons (Fsp3) is 0.700. The van der Waals surface area contributed by atoms with Crippen molar-refractivity contribution in [3.63, 3.8) is 0 Å². The van der Waals surface area contributed by atoms with E-state index in [2.05, 4.69) is 5.10 Å². The highest BCUT2D eigenvalue weighted by atomic mass is 19.4. The Morgan fingerprint density at radius 2 is 1.88 bits per heavy atom. The minimum absolute atomic E-state index is 0.274. The molecule has 0 saturated heterocycles. The van der Waals surface area contributed by atoms with Crippen LogP contribution in [0.2, 0.25) is 0 Å². The summed E-state index contributed by atoms with van der Waals surface area (Å²) >= 11 is 0. The molecule has 0 bridgehead atoms. The van der Waals surface area contributed by atoms with Crippen molar-refractivity contribution in [1.29, 1.82) is 0 Å². The summed E-state index contributed by atoms with van der Waals surface area (Å²) < 4.78 is 65.8.